The fraction of sp³-hybridized carbons (Fsp3) is 0.182. The first-order valence-corrected chi connectivity index (χ1v) is 10.5. The van der Waals surface area contributed by atoms with E-state index < -0.39 is 0 Å². The van der Waals surface area contributed by atoms with E-state index in [1.807, 2.05) is 61.0 Å². The Kier molecular flexibility index (Phi) is 4.74. The molecule has 3 aromatic heterocycles. The summed E-state index contributed by atoms with van der Waals surface area (Å²) >= 11 is 1.46. The Morgan fingerprint density at radius 1 is 1.16 bits per heavy atom. The van der Waals surface area contributed by atoms with Crippen LogP contribution in [0.3, 0.4) is 0 Å². The molecular formula is C22H19N5O3S. The van der Waals surface area contributed by atoms with Crippen LogP contribution in [0.2, 0.25) is 0 Å². The molecule has 5 rings (SSSR count). The fourth-order valence-corrected chi connectivity index (χ4v) is 4.32. The third-order valence-electron chi connectivity index (χ3n) is 5.08. The van der Waals surface area contributed by atoms with Crippen LogP contribution in [0.15, 0.2) is 62.9 Å². The minimum atomic E-state index is -0.150. The van der Waals surface area contributed by atoms with Crippen LogP contribution in [0.4, 0.5) is 0 Å². The number of ether oxygens (including phenoxy) is 1. The molecule has 0 unspecified atom stereocenters. The summed E-state index contributed by atoms with van der Waals surface area (Å²) in [6.07, 6.45) is 0. The second kappa shape index (κ2) is 7.59. The van der Waals surface area contributed by atoms with Gasteiger partial charge in [-0.2, -0.15) is 0 Å². The minimum absolute atomic E-state index is 0.135. The fourth-order valence-electron chi connectivity index (χ4n) is 3.45. The molecule has 2 aromatic carbocycles. The van der Waals surface area contributed by atoms with Gasteiger partial charge in [0.05, 0.1) is 23.3 Å². The smallest absolute Gasteiger partial charge is 0.258 e. The predicted octanol–water partition coefficient (Wildman–Crippen LogP) is 4.33. The van der Waals surface area contributed by atoms with E-state index in [1.54, 1.807) is 13.2 Å². The zero-order valence-corrected chi connectivity index (χ0v) is 17.9. The van der Waals surface area contributed by atoms with E-state index in [0.29, 0.717) is 44.8 Å². The number of H-pyrrole nitrogens is 1. The normalized spacial score (nSPS) is 12.5. The van der Waals surface area contributed by atoms with Crippen molar-refractivity contribution in [3.05, 3.63) is 64.7 Å². The Bertz CT molecular complexity index is 1470. The van der Waals surface area contributed by atoms with Crippen molar-refractivity contribution in [1.82, 2.24) is 24.7 Å². The lowest BCUT2D eigenvalue weighted by Crippen LogP contribution is -2.13. The van der Waals surface area contributed by atoms with Crippen molar-refractivity contribution in [3.63, 3.8) is 0 Å². The SMILES string of the molecule is COc1cccc2cc(-c3nnc(S[C@H](C)c4nc5ccccc5c(=O)[nH]4)n3C)oc12. The highest BCUT2D eigenvalue weighted by atomic mass is 32.2. The summed E-state index contributed by atoms with van der Waals surface area (Å²) in [4.78, 5) is 19.9. The number of rotatable bonds is 5. The van der Waals surface area contributed by atoms with Gasteiger partial charge in [0.25, 0.3) is 5.56 Å². The quantitative estimate of drug-likeness (QED) is 0.412. The van der Waals surface area contributed by atoms with Crippen LogP contribution in [0.1, 0.15) is 18.0 Å². The molecule has 31 heavy (non-hydrogen) atoms. The minimum Gasteiger partial charge on any atom is -0.493 e. The molecule has 8 nitrogen and oxygen atoms in total. The van der Waals surface area contributed by atoms with Gasteiger partial charge in [0.1, 0.15) is 5.82 Å². The van der Waals surface area contributed by atoms with Crippen molar-refractivity contribution in [2.24, 2.45) is 7.05 Å². The summed E-state index contributed by atoms with van der Waals surface area (Å²) in [7, 11) is 3.49. The van der Waals surface area contributed by atoms with E-state index in [-0.39, 0.29) is 10.8 Å². The van der Waals surface area contributed by atoms with Gasteiger partial charge in [0, 0.05) is 12.4 Å². The Labute approximate surface area is 181 Å². The number of aromatic nitrogens is 5. The van der Waals surface area contributed by atoms with Gasteiger partial charge in [-0.05, 0) is 31.2 Å². The molecule has 0 spiro atoms. The standard InChI is InChI=1S/C22H19N5O3S/c1-12(19-23-15-9-5-4-8-14(15)21(28)24-19)31-22-26-25-20(27(22)2)17-11-13-7-6-10-16(29-3)18(13)30-17/h4-12H,1-3H3,(H,23,24,28)/t12-/m1/s1. The van der Waals surface area contributed by atoms with E-state index in [0.717, 1.165) is 5.39 Å². The number of para-hydroxylation sites is 2. The average Bonchev–Trinajstić information content (AvgIpc) is 3.37. The molecule has 156 valence electrons. The maximum atomic E-state index is 12.4. The van der Waals surface area contributed by atoms with Crippen LogP contribution in [0.25, 0.3) is 33.5 Å². The summed E-state index contributed by atoms with van der Waals surface area (Å²) in [5, 5.41) is 10.7. The van der Waals surface area contributed by atoms with Crippen LogP contribution >= 0.6 is 11.8 Å². The summed E-state index contributed by atoms with van der Waals surface area (Å²) in [5.41, 5.74) is 1.19. The van der Waals surface area contributed by atoms with Crippen LogP contribution in [0.5, 0.6) is 5.75 Å². The third kappa shape index (κ3) is 3.36. The van der Waals surface area contributed by atoms with Crippen LogP contribution in [-0.4, -0.2) is 31.8 Å². The molecular weight excluding hydrogens is 414 g/mol. The first-order chi connectivity index (χ1) is 15.0. The summed E-state index contributed by atoms with van der Waals surface area (Å²) in [5.74, 6) is 2.46. The Morgan fingerprint density at radius 2 is 2.00 bits per heavy atom. The molecule has 9 heteroatoms. The molecule has 0 aliphatic rings. The first-order valence-electron chi connectivity index (χ1n) is 9.67. The highest BCUT2D eigenvalue weighted by molar-refractivity contribution is 7.99. The predicted molar refractivity (Wildman–Crippen MR) is 119 cm³/mol. The second-order valence-corrected chi connectivity index (χ2v) is 8.39. The molecule has 0 fully saturated rings. The van der Waals surface area contributed by atoms with Gasteiger partial charge in [-0.25, -0.2) is 4.98 Å². The van der Waals surface area contributed by atoms with Gasteiger partial charge in [-0.3, -0.25) is 4.79 Å². The van der Waals surface area contributed by atoms with E-state index in [4.69, 9.17) is 9.15 Å². The highest BCUT2D eigenvalue weighted by Gasteiger charge is 2.20. The van der Waals surface area contributed by atoms with Gasteiger partial charge >= 0.3 is 0 Å². The number of benzene rings is 2. The highest BCUT2D eigenvalue weighted by Crippen LogP contribution is 2.36. The zero-order valence-electron chi connectivity index (χ0n) is 17.1. The molecule has 3 heterocycles. The Morgan fingerprint density at radius 3 is 2.84 bits per heavy atom. The number of furan rings is 1. The number of fused-ring (bicyclic) bond motifs is 2. The molecule has 1 N–H and O–H groups in total. The number of nitrogens with zero attached hydrogens (tertiary/aromatic N) is 4. The number of aromatic amines is 1. The lowest BCUT2D eigenvalue weighted by Gasteiger charge is -2.10. The largest absolute Gasteiger partial charge is 0.493 e. The topological polar surface area (TPSA) is 98.8 Å². The third-order valence-corrected chi connectivity index (χ3v) is 6.22. The summed E-state index contributed by atoms with van der Waals surface area (Å²) in [6, 6.07) is 14.9. The van der Waals surface area contributed by atoms with E-state index in [2.05, 4.69) is 20.2 Å². The first kappa shape index (κ1) is 19.4. The van der Waals surface area contributed by atoms with E-state index in [9.17, 15) is 4.79 Å². The van der Waals surface area contributed by atoms with Gasteiger partial charge in [0.15, 0.2) is 28.1 Å². The molecule has 0 saturated heterocycles. The lowest BCUT2D eigenvalue weighted by molar-refractivity contribution is 0.410. The van der Waals surface area contributed by atoms with Gasteiger partial charge in [-0.1, -0.05) is 36.0 Å². The average molecular weight is 433 g/mol. The van der Waals surface area contributed by atoms with Crippen LogP contribution in [-0.2, 0) is 7.05 Å². The van der Waals surface area contributed by atoms with Crippen molar-refractivity contribution in [2.75, 3.05) is 7.11 Å². The van der Waals surface area contributed by atoms with Crippen molar-refractivity contribution in [1.29, 1.82) is 0 Å². The van der Waals surface area contributed by atoms with Crippen LogP contribution in [0, 0.1) is 0 Å². The number of thioether (sulfide) groups is 1. The zero-order chi connectivity index (χ0) is 21.5. The Balaban J connectivity index is 1.46. The van der Waals surface area contributed by atoms with Crippen molar-refractivity contribution >= 4 is 33.6 Å². The summed E-state index contributed by atoms with van der Waals surface area (Å²) in [6.45, 7) is 1.97. The maximum Gasteiger partial charge on any atom is 0.258 e. The van der Waals surface area contributed by atoms with E-state index >= 15 is 0 Å². The molecule has 0 aliphatic heterocycles. The van der Waals surface area contributed by atoms with Gasteiger partial charge in [0.2, 0.25) is 0 Å². The van der Waals surface area contributed by atoms with Crippen LogP contribution < -0.4 is 10.3 Å². The number of hydrogen-bond donors (Lipinski definition) is 1. The molecule has 5 aromatic rings. The number of hydrogen-bond acceptors (Lipinski definition) is 7. The summed E-state index contributed by atoms with van der Waals surface area (Å²) < 4.78 is 13.2. The maximum absolute atomic E-state index is 12.4. The number of methoxy groups -OCH3 is 1. The molecule has 0 aliphatic carbocycles. The monoisotopic (exact) mass is 433 g/mol. The van der Waals surface area contributed by atoms with Gasteiger partial charge < -0.3 is 18.7 Å². The molecule has 0 radical (unpaired) electrons. The lowest BCUT2D eigenvalue weighted by atomic mass is 10.2. The van der Waals surface area contributed by atoms with Crippen molar-refractivity contribution in [2.45, 2.75) is 17.3 Å². The molecule has 0 saturated carbocycles. The molecule has 0 amide bonds. The van der Waals surface area contributed by atoms with Crippen molar-refractivity contribution < 1.29 is 9.15 Å². The van der Waals surface area contributed by atoms with Crippen molar-refractivity contribution in [3.8, 4) is 17.3 Å². The Hall–Kier alpha value is -3.59. The van der Waals surface area contributed by atoms with E-state index in [1.165, 1.54) is 11.8 Å². The number of nitrogens with one attached hydrogen (secondary N) is 1. The molecule has 0 bridgehead atoms. The second-order valence-electron chi connectivity index (χ2n) is 7.08. The van der Waals surface area contributed by atoms with Gasteiger partial charge in [-0.15, -0.1) is 10.2 Å². The molecule has 1 atom stereocenters.